The van der Waals surface area contributed by atoms with E-state index >= 15 is 0 Å². The van der Waals surface area contributed by atoms with E-state index in [4.69, 9.17) is 16.3 Å². The highest BCUT2D eigenvalue weighted by molar-refractivity contribution is 6.31. The van der Waals surface area contributed by atoms with Gasteiger partial charge in [0.15, 0.2) is 0 Å². The lowest BCUT2D eigenvalue weighted by molar-refractivity contribution is -0.140. The van der Waals surface area contributed by atoms with Crippen molar-refractivity contribution in [3.63, 3.8) is 0 Å². The molecule has 2 aromatic rings. The minimum Gasteiger partial charge on any atom is -0.497 e. The van der Waals surface area contributed by atoms with Crippen LogP contribution in [0.1, 0.15) is 38.3 Å². The molecule has 0 aliphatic carbocycles. The Kier molecular flexibility index (Phi) is 8.52. The number of nitrogens with one attached hydrogen (secondary N) is 1. The minimum absolute atomic E-state index is 0.0438. The molecule has 0 spiro atoms. The number of methoxy groups -OCH3 is 1. The molecule has 29 heavy (non-hydrogen) atoms. The number of carbonyl (C=O) groups is 2. The quantitative estimate of drug-likeness (QED) is 0.665. The third-order valence-electron chi connectivity index (χ3n) is 4.95. The summed E-state index contributed by atoms with van der Waals surface area (Å²) < 4.78 is 5.28. The van der Waals surface area contributed by atoms with Gasteiger partial charge in [-0.3, -0.25) is 9.59 Å². The Morgan fingerprint density at radius 3 is 2.52 bits per heavy atom. The third kappa shape index (κ3) is 6.50. The van der Waals surface area contributed by atoms with E-state index < -0.39 is 6.04 Å². The molecule has 0 unspecified atom stereocenters. The average Bonchev–Trinajstić information content (AvgIpc) is 2.73. The third-order valence-corrected chi connectivity index (χ3v) is 5.32. The van der Waals surface area contributed by atoms with E-state index in [0.29, 0.717) is 17.3 Å². The second kappa shape index (κ2) is 10.9. The first kappa shape index (κ1) is 22.8. The SMILES string of the molecule is CC[C@@H](C)NC(=O)[C@@H](C)N(Cc1cccc(OC)c1)C(=O)Cc1ccccc1Cl. The van der Waals surface area contributed by atoms with Crippen LogP contribution in [0.15, 0.2) is 48.5 Å². The van der Waals surface area contributed by atoms with E-state index in [9.17, 15) is 9.59 Å². The molecule has 0 radical (unpaired) electrons. The van der Waals surface area contributed by atoms with Crippen molar-refractivity contribution >= 4 is 23.4 Å². The van der Waals surface area contributed by atoms with Crippen LogP contribution in [0.5, 0.6) is 5.75 Å². The molecule has 5 nitrogen and oxygen atoms in total. The standard InChI is InChI=1S/C23H29ClN2O3/c1-5-16(2)25-23(28)17(3)26(15-18-9-8-11-20(13-18)29-4)22(27)14-19-10-6-7-12-21(19)24/h6-13,16-17H,5,14-15H2,1-4H3,(H,25,28)/t16-,17-/m1/s1. The summed E-state index contributed by atoms with van der Waals surface area (Å²) in [7, 11) is 1.60. The van der Waals surface area contributed by atoms with Crippen LogP contribution in [0, 0.1) is 0 Å². The molecule has 2 amide bonds. The molecule has 0 fully saturated rings. The lowest BCUT2D eigenvalue weighted by atomic mass is 10.1. The topological polar surface area (TPSA) is 58.6 Å². The fraction of sp³-hybridized carbons (Fsp3) is 0.391. The molecular weight excluding hydrogens is 388 g/mol. The lowest BCUT2D eigenvalue weighted by Crippen LogP contribution is -2.49. The Morgan fingerprint density at radius 1 is 1.14 bits per heavy atom. The predicted octanol–water partition coefficient (Wildman–Crippen LogP) is 4.22. The summed E-state index contributed by atoms with van der Waals surface area (Å²) in [5.41, 5.74) is 1.63. The van der Waals surface area contributed by atoms with Gasteiger partial charge in [-0.05, 0) is 49.6 Å². The summed E-state index contributed by atoms with van der Waals surface area (Å²) in [6, 6.07) is 14.2. The van der Waals surface area contributed by atoms with Gasteiger partial charge >= 0.3 is 0 Å². The first-order valence-electron chi connectivity index (χ1n) is 9.81. The fourth-order valence-electron chi connectivity index (χ4n) is 2.92. The fourth-order valence-corrected chi connectivity index (χ4v) is 3.12. The first-order chi connectivity index (χ1) is 13.8. The number of amides is 2. The van der Waals surface area contributed by atoms with Gasteiger partial charge in [0.25, 0.3) is 0 Å². The van der Waals surface area contributed by atoms with Crippen LogP contribution in [0.3, 0.4) is 0 Å². The first-order valence-corrected chi connectivity index (χ1v) is 10.2. The maximum absolute atomic E-state index is 13.2. The molecule has 0 aliphatic rings. The molecule has 156 valence electrons. The summed E-state index contributed by atoms with van der Waals surface area (Å²) in [4.78, 5) is 27.5. The summed E-state index contributed by atoms with van der Waals surface area (Å²) in [5, 5.41) is 3.51. The molecule has 2 aromatic carbocycles. The van der Waals surface area contributed by atoms with Crippen molar-refractivity contribution in [2.75, 3.05) is 7.11 Å². The summed E-state index contributed by atoms with van der Waals surface area (Å²) in [5.74, 6) is 0.375. The minimum atomic E-state index is -0.620. The van der Waals surface area contributed by atoms with Crippen molar-refractivity contribution in [3.05, 3.63) is 64.7 Å². The Hall–Kier alpha value is -2.53. The van der Waals surface area contributed by atoms with Gasteiger partial charge in [0.1, 0.15) is 11.8 Å². The van der Waals surface area contributed by atoms with E-state index in [1.54, 1.807) is 25.0 Å². The van der Waals surface area contributed by atoms with Crippen LogP contribution in [0.2, 0.25) is 5.02 Å². The largest absolute Gasteiger partial charge is 0.497 e. The van der Waals surface area contributed by atoms with Crippen LogP contribution in [-0.2, 0) is 22.6 Å². The van der Waals surface area contributed by atoms with Crippen LogP contribution in [0.4, 0.5) is 0 Å². The van der Waals surface area contributed by atoms with Gasteiger partial charge in [-0.1, -0.05) is 48.9 Å². The van der Waals surface area contributed by atoms with Gasteiger partial charge in [0.2, 0.25) is 11.8 Å². The Labute approximate surface area is 178 Å². The predicted molar refractivity (Wildman–Crippen MR) is 116 cm³/mol. The normalized spacial score (nSPS) is 12.7. The molecule has 0 bridgehead atoms. The van der Waals surface area contributed by atoms with Gasteiger partial charge in [0, 0.05) is 17.6 Å². The summed E-state index contributed by atoms with van der Waals surface area (Å²) in [6.07, 6.45) is 0.951. The zero-order valence-electron chi connectivity index (χ0n) is 17.4. The number of ether oxygens (including phenoxy) is 1. The van der Waals surface area contributed by atoms with Crippen molar-refractivity contribution in [3.8, 4) is 5.75 Å². The molecule has 2 atom stereocenters. The lowest BCUT2D eigenvalue weighted by Gasteiger charge is -2.30. The Bertz CT molecular complexity index is 840. The van der Waals surface area contributed by atoms with Gasteiger partial charge in [-0.15, -0.1) is 0 Å². The number of hydrogen-bond donors (Lipinski definition) is 1. The average molecular weight is 417 g/mol. The monoisotopic (exact) mass is 416 g/mol. The van der Waals surface area contributed by atoms with E-state index in [1.807, 2.05) is 56.3 Å². The molecule has 0 saturated heterocycles. The highest BCUT2D eigenvalue weighted by Crippen LogP contribution is 2.20. The summed E-state index contributed by atoms with van der Waals surface area (Å²) >= 11 is 6.24. The van der Waals surface area contributed by atoms with Crippen molar-refractivity contribution < 1.29 is 14.3 Å². The molecule has 2 rings (SSSR count). The Morgan fingerprint density at radius 2 is 1.86 bits per heavy atom. The van der Waals surface area contributed by atoms with Gasteiger partial charge < -0.3 is 15.0 Å². The van der Waals surface area contributed by atoms with E-state index in [0.717, 1.165) is 17.5 Å². The highest BCUT2D eigenvalue weighted by atomic mass is 35.5. The smallest absolute Gasteiger partial charge is 0.242 e. The molecule has 6 heteroatoms. The van der Waals surface area contributed by atoms with Crippen LogP contribution >= 0.6 is 11.6 Å². The van der Waals surface area contributed by atoms with Gasteiger partial charge in [-0.2, -0.15) is 0 Å². The number of rotatable bonds is 9. The molecule has 0 aromatic heterocycles. The van der Waals surface area contributed by atoms with Crippen molar-refractivity contribution in [1.29, 1.82) is 0 Å². The van der Waals surface area contributed by atoms with Crippen LogP contribution < -0.4 is 10.1 Å². The Balaban J connectivity index is 2.26. The van der Waals surface area contributed by atoms with Crippen LogP contribution in [0.25, 0.3) is 0 Å². The second-order valence-electron chi connectivity index (χ2n) is 7.14. The number of hydrogen-bond acceptors (Lipinski definition) is 3. The van der Waals surface area contributed by atoms with E-state index in [2.05, 4.69) is 5.32 Å². The van der Waals surface area contributed by atoms with Crippen molar-refractivity contribution in [2.45, 2.75) is 52.2 Å². The highest BCUT2D eigenvalue weighted by Gasteiger charge is 2.27. The number of halogens is 1. The maximum Gasteiger partial charge on any atom is 0.242 e. The molecule has 0 aliphatic heterocycles. The zero-order valence-corrected chi connectivity index (χ0v) is 18.2. The maximum atomic E-state index is 13.2. The van der Waals surface area contributed by atoms with E-state index in [1.165, 1.54) is 0 Å². The molecule has 1 N–H and O–H groups in total. The van der Waals surface area contributed by atoms with Gasteiger partial charge in [-0.25, -0.2) is 0 Å². The molecule has 0 saturated carbocycles. The number of carbonyl (C=O) groups excluding carboxylic acids is 2. The van der Waals surface area contributed by atoms with E-state index in [-0.39, 0.29) is 24.3 Å². The molecular formula is C23H29ClN2O3. The summed E-state index contributed by atoms with van der Waals surface area (Å²) in [6.45, 7) is 6.01. The van der Waals surface area contributed by atoms with Crippen molar-refractivity contribution in [1.82, 2.24) is 10.2 Å². The number of nitrogens with zero attached hydrogens (tertiary/aromatic N) is 1. The van der Waals surface area contributed by atoms with Gasteiger partial charge in [0.05, 0.1) is 13.5 Å². The van der Waals surface area contributed by atoms with Crippen molar-refractivity contribution in [2.24, 2.45) is 0 Å². The van der Waals surface area contributed by atoms with Crippen LogP contribution in [-0.4, -0.2) is 35.9 Å². The second-order valence-corrected chi connectivity index (χ2v) is 7.54. The number of benzene rings is 2. The molecule has 0 heterocycles. The zero-order chi connectivity index (χ0) is 21.4.